The van der Waals surface area contributed by atoms with Crippen LogP contribution in [0.5, 0.6) is 0 Å². The first kappa shape index (κ1) is 13.5. The van der Waals surface area contributed by atoms with Crippen molar-refractivity contribution in [3.8, 4) is 11.1 Å². The van der Waals surface area contributed by atoms with Gasteiger partial charge < -0.3 is 4.57 Å². The van der Waals surface area contributed by atoms with Crippen LogP contribution in [0.25, 0.3) is 11.1 Å². The molecule has 0 saturated heterocycles. The maximum atomic E-state index is 13.0. The Bertz CT molecular complexity index is 688. The minimum absolute atomic E-state index is 0.190. The Morgan fingerprint density at radius 2 is 1.86 bits per heavy atom. The van der Waals surface area contributed by atoms with E-state index in [2.05, 4.69) is 21.5 Å². The SMILES string of the molecule is CCC(c1ccc(-c2ccc(F)cc2)cn1)n1ccnc1. The zero-order valence-corrected chi connectivity index (χ0v) is 11.8. The molecule has 1 unspecified atom stereocenters. The highest BCUT2D eigenvalue weighted by Gasteiger charge is 2.12. The lowest BCUT2D eigenvalue weighted by Gasteiger charge is -2.16. The Morgan fingerprint density at radius 1 is 1.10 bits per heavy atom. The highest BCUT2D eigenvalue weighted by molar-refractivity contribution is 5.62. The molecule has 0 aliphatic heterocycles. The number of imidazole rings is 1. The van der Waals surface area contributed by atoms with Crippen LogP contribution in [0.4, 0.5) is 4.39 Å². The molecule has 0 saturated carbocycles. The van der Waals surface area contributed by atoms with Crippen LogP contribution in [0.3, 0.4) is 0 Å². The molecule has 0 aliphatic rings. The molecule has 0 N–H and O–H groups in total. The van der Waals surface area contributed by atoms with E-state index in [0.29, 0.717) is 0 Å². The Morgan fingerprint density at radius 3 is 2.43 bits per heavy atom. The average molecular weight is 281 g/mol. The standard InChI is InChI=1S/C17H16FN3/c1-2-17(21-10-9-19-12-21)16-8-5-14(11-20-16)13-3-6-15(18)7-4-13/h3-12,17H,2H2,1H3. The maximum Gasteiger partial charge on any atom is 0.123 e. The molecule has 0 radical (unpaired) electrons. The molecule has 21 heavy (non-hydrogen) atoms. The summed E-state index contributed by atoms with van der Waals surface area (Å²) < 4.78 is 15.0. The van der Waals surface area contributed by atoms with Crippen molar-refractivity contribution in [3.05, 3.63) is 72.8 Å². The second-order valence-electron chi connectivity index (χ2n) is 4.91. The van der Waals surface area contributed by atoms with Gasteiger partial charge in [-0.25, -0.2) is 9.37 Å². The number of hydrogen-bond donors (Lipinski definition) is 0. The van der Waals surface area contributed by atoms with Gasteiger partial charge in [0.1, 0.15) is 5.82 Å². The molecule has 2 heterocycles. The number of pyridine rings is 1. The van der Waals surface area contributed by atoms with Crippen LogP contribution in [0.1, 0.15) is 25.1 Å². The van der Waals surface area contributed by atoms with E-state index in [4.69, 9.17) is 0 Å². The van der Waals surface area contributed by atoms with Crippen LogP contribution in [0.2, 0.25) is 0 Å². The van der Waals surface area contributed by atoms with Gasteiger partial charge in [0.15, 0.2) is 0 Å². The molecule has 3 aromatic rings. The molecule has 4 heteroatoms. The molecular formula is C17H16FN3. The fraction of sp³-hybridized carbons (Fsp3) is 0.176. The van der Waals surface area contributed by atoms with Crippen molar-refractivity contribution < 1.29 is 4.39 Å². The first-order chi connectivity index (χ1) is 10.3. The normalized spacial score (nSPS) is 12.3. The summed E-state index contributed by atoms with van der Waals surface area (Å²) in [4.78, 5) is 8.65. The first-order valence-corrected chi connectivity index (χ1v) is 6.97. The number of hydrogen-bond acceptors (Lipinski definition) is 2. The van der Waals surface area contributed by atoms with Crippen molar-refractivity contribution in [1.82, 2.24) is 14.5 Å². The number of benzene rings is 1. The largest absolute Gasteiger partial charge is 0.328 e. The Hall–Kier alpha value is -2.49. The molecule has 0 amide bonds. The van der Waals surface area contributed by atoms with Crippen LogP contribution in [-0.4, -0.2) is 14.5 Å². The fourth-order valence-corrected chi connectivity index (χ4v) is 2.44. The predicted octanol–water partition coefficient (Wildman–Crippen LogP) is 4.08. The number of halogens is 1. The summed E-state index contributed by atoms with van der Waals surface area (Å²) in [5.74, 6) is -0.227. The Balaban J connectivity index is 1.88. The predicted molar refractivity (Wildman–Crippen MR) is 80.3 cm³/mol. The summed E-state index contributed by atoms with van der Waals surface area (Å²) in [5, 5.41) is 0. The van der Waals surface area contributed by atoms with Crippen LogP contribution >= 0.6 is 0 Å². The molecule has 3 rings (SSSR count). The maximum absolute atomic E-state index is 13.0. The third kappa shape index (κ3) is 2.84. The molecule has 0 aliphatic carbocycles. The minimum atomic E-state index is -0.227. The van der Waals surface area contributed by atoms with Crippen LogP contribution in [0.15, 0.2) is 61.3 Å². The summed E-state index contributed by atoms with van der Waals surface area (Å²) in [6.07, 6.45) is 8.31. The van der Waals surface area contributed by atoms with E-state index in [1.807, 2.05) is 30.9 Å². The molecular weight excluding hydrogens is 265 g/mol. The fourth-order valence-electron chi connectivity index (χ4n) is 2.44. The molecule has 106 valence electrons. The van der Waals surface area contributed by atoms with Gasteiger partial charge in [-0.2, -0.15) is 0 Å². The molecule has 0 bridgehead atoms. The van der Waals surface area contributed by atoms with Gasteiger partial charge in [0, 0.05) is 24.2 Å². The van der Waals surface area contributed by atoms with Gasteiger partial charge in [-0.1, -0.05) is 25.1 Å². The Kier molecular flexibility index (Phi) is 3.77. The number of rotatable bonds is 4. The lowest BCUT2D eigenvalue weighted by molar-refractivity contribution is 0.551. The van der Waals surface area contributed by atoms with Crippen molar-refractivity contribution in [2.45, 2.75) is 19.4 Å². The first-order valence-electron chi connectivity index (χ1n) is 6.97. The number of nitrogens with zero attached hydrogens (tertiary/aromatic N) is 3. The molecule has 2 aromatic heterocycles. The summed E-state index contributed by atoms with van der Waals surface area (Å²) in [5.41, 5.74) is 2.95. The summed E-state index contributed by atoms with van der Waals surface area (Å²) in [7, 11) is 0. The summed E-state index contributed by atoms with van der Waals surface area (Å²) in [6, 6.07) is 10.7. The third-order valence-corrected chi connectivity index (χ3v) is 3.58. The summed E-state index contributed by atoms with van der Waals surface area (Å²) in [6.45, 7) is 2.13. The third-order valence-electron chi connectivity index (χ3n) is 3.58. The molecule has 0 fully saturated rings. The molecule has 0 spiro atoms. The van der Waals surface area contributed by atoms with E-state index in [0.717, 1.165) is 23.2 Å². The van der Waals surface area contributed by atoms with Crippen molar-refractivity contribution in [3.63, 3.8) is 0 Å². The van der Waals surface area contributed by atoms with E-state index >= 15 is 0 Å². The van der Waals surface area contributed by atoms with E-state index in [9.17, 15) is 4.39 Å². The van der Waals surface area contributed by atoms with Crippen LogP contribution < -0.4 is 0 Å². The van der Waals surface area contributed by atoms with Crippen LogP contribution in [0, 0.1) is 5.82 Å². The quantitative estimate of drug-likeness (QED) is 0.721. The van der Waals surface area contributed by atoms with E-state index in [1.54, 1.807) is 18.3 Å². The van der Waals surface area contributed by atoms with Gasteiger partial charge in [0.2, 0.25) is 0 Å². The minimum Gasteiger partial charge on any atom is -0.328 e. The lowest BCUT2D eigenvalue weighted by Crippen LogP contribution is -2.09. The average Bonchev–Trinajstić information content (AvgIpc) is 3.04. The number of aromatic nitrogens is 3. The zero-order chi connectivity index (χ0) is 14.7. The van der Waals surface area contributed by atoms with E-state index in [-0.39, 0.29) is 11.9 Å². The smallest absolute Gasteiger partial charge is 0.123 e. The molecule has 1 atom stereocenters. The van der Waals surface area contributed by atoms with Gasteiger partial charge in [0.05, 0.1) is 18.1 Å². The molecule has 1 aromatic carbocycles. The Labute approximate surface area is 123 Å². The van der Waals surface area contributed by atoms with Crippen molar-refractivity contribution in [2.24, 2.45) is 0 Å². The van der Waals surface area contributed by atoms with Gasteiger partial charge in [0.25, 0.3) is 0 Å². The highest BCUT2D eigenvalue weighted by Crippen LogP contribution is 2.23. The van der Waals surface area contributed by atoms with Crippen molar-refractivity contribution >= 4 is 0 Å². The van der Waals surface area contributed by atoms with E-state index in [1.165, 1.54) is 12.1 Å². The summed E-state index contributed by atoms with van der Waals surface area (Å²) >= 11 is 0. The van der Waals surface area contributed by atoms with Crippen LogP contribution in [-0.2, 0) is 0 Å². The van der Waals surface area contributed by atoms with Gasteiger partial charge in [-0.15, -0.1) is 0 Å². The van der Waals surface area contributed by atoms with Gasteiger partial charge in [-0.05, 0) is 30.2 Å². The van der Waals surface area contributed by atoms with Gasteiger partial charge >= 0.3 is 0 Å². The molecule has 3 nitrogen and oxygen atoms in total. The second kappa shape index (κ2) is 5.87. The van der Waals surface area contributed by atoms with Crippen molar-refractivity contribution in [2.75, 3.05) is 0 Å². The second-order valence-corrected chi connectivity index (χ2v) is 4.91. The zero-order valence-electron chi connectivity index (χ0n) is 11.8. The van der Waals surface area contributed by atoms with E-state index < -0.39 is 0 Å². The van der Waals surface area contributed by atoms with Gasteiger partial charge in [-0.3, -0.25) is 4.98 Å². The topological polar surface area (TPSA) is 30.7 Å². The highest BCUT2D eigenvalue weighted by atomic mass is 19.1. The lowest BCUT2D eigenvalue weighted by atomic mass is 10.1. The monoisotopic (exact) mass is 281 g/mol. The van der Waals surface area contributed by atoms with Crippen molar-refractivity contribution in [1.29, 1.82) is 0 Å².